The van der Waals surface area contributed by atoms with Crippen molar-refractivity contribution in [2.75, 3.05) is 7.15 Å². The molecule has 0 bridgehead atoms. The van der Waals surface area contributed by atoms with Gasteiger partial charge in [0.2, 0.25) is 0 Å². The van der Waals surface area contributed by atoms with Crippen molar-refractivity contribution in [3.63, 3.8) is 0 Å². The maximum atomic E-state index is 14.4. The van der Waals surface area contributed by atoms with E-state index >= 15 is 0 Å². The third-order valence-corrected chi connectivity index (χ3v) is 18.1. The summed E-state index contributed by atoms with van der Waals surface area (Å²) in [6, 6.07) is 38.7. The van der Waals surface area contributed by atoms with E-state index in [0.717, 1.165) is 37.7 Å². The van der Waals surface area contributed by atoms with Gasteiger partial charge in [-0.05, 0) is 142 Å². The largest absolute Gasteiger partial charge is 0.478 e. The number of carbonyl (C=O) groups is 3. The van der Waals surface area contributed by atoms with Gasteiger partial charge in [-0.25, -0.2) is 18.0 Å². The Morgan fingerprint density at radius 1 is 0.462 bits per heavy atom. The minimum absolute atomic E-state index is 0. The number of amides is 2. The van der Waals surface area contributed by atoms with Crippen LogP contribution in [-0.4, -0.2) is 73.6 Å². The van der Waals surface area contributed by atoms with Crippen LogP contribution in [0, 0.1) is 17.5 Å². The summed E-state index contributed by atoms with van der Waals surface area (Å²) in [5, 5.41) is 24.7. The third kappa shape index (κ3) is 18.8. The lowest BCUT2D eigenvalue weighted by Gasteiger charge is -2.10. The highest BCUT2D eigenvalue weighted by Crippen LogP contribution is 2.30. The molecule has 0 unspecified atom stereocenters. The van der Waals surface area contributed by atoms with Crippen LogP contribution >= 0.6 is 82.0 Å². The number of fused-ring (bicyclic) bond motifs is 6. The summed E-state index contributed by atoms with van der Waals surface area (Å²) in [5.41, 5.74) is 10.2. The number of hydrogen-bond acceptors (Lipinski definition) is 10. The van der Waals surface area contributed by atoms with Crippen LogP contribution in [0.3, 0.4) is 0 Å². The fraction of sp³-hybridized carbons (Fsp3) is 0.0921. The van der Waals surface area contributed by atoms with Crippen LogP contribution < -0.4 is 33.0 Å². The molecule has 9 heterocycles. The Kier molecular flexibility index (Phi) is 25.1. The highest BCUT2D eigenvalue weighted by molar-refractivity contribution is 6.36. The lowest BCUT2D eigenvalue weighted by molar-refractivity contribution is 0.0695. The molecule has 2 amide bonds. The van der Waals surface area contributed by atoms with E-state index in [1.54, 1.807) is 134 Å². The molecular formula is C76H57Cl7F4N12O7. The molecule has 8 N–H and O–H groups in total. The second kappa shape index (κ2) is 34.8. The zero-order chi connectivity index (χ0) is 75.5. The van der Waals surface area contributed by atoms with Crippen molar-refractivity contribution in [2.24, 2.45) is 5.73 Å². The number of aromatic amines is 3. The van der Waals surface area contributed by atoms with Gasteiger partial charge in [-0.2, -0.15) is 0 Å². The number of carbonyl (C=O) groups excluding carboxylic acids is 2. The first-order valence-corrected chi connectivity index (χ1v) is 33.6. The molecule has 6 aromatic carbocycles. The van der Waals surface area contributed by atoms with Crippen molar-refractivity contribution in [1.29, 1.82) is 0 Å². The Bertz CT molecular complexity index is 5810. The topological polar surface area (TPSA) is 274 Å². The van der Waals surface area contributed by atoms with Crippen LogP contribution in [0.5, 0.6) is 0 Å². The molecule has 0 spiro atoms. The summed E-state index contributed by atoms with van der Waals surface area (Å²) in [5.74, 6) is -2.99. The summed E-state index contributed by atoms with van der Waals surface area (Å²) in [7, 11) is -1.00. The number of nitrogens with one attached hydrogen (secondary N) is 5. The van der Waals surface area contributed by atoms with E-state index in [4.69, 9.17) is 81.8 Å². The standard InChI is InChI=1S/2C25H17Cl2FN4O2.C16H11ClN2O3.C9H8ClFN2.CH3F.ClH/c2*26-18-2-1-14-8-24(33)32(12-17(14)5-18)13-19-6-15(3-4-29-19)25(34)31-10-16-7-20-21(27)11-30-23(20)9-22(16)28;17-13-2-1-10-7-15(20)19(8-12(10)5-13)9-14-6-11(16(21)22)3-4-18-14;10-7-4-13-9-2-8(11)5(3-12)1-6(7)9;1-2;/h2*1-9,11-12,30H,10,13H2,(H,31,34);1-8H,9H2,(H,21,22);1-2,4,13H,3,12H2;1H3;1H/i;;;;1D;. The van der Waals surface area contributed by atoms with Crippen LogP contribution in [0.15, 0.2) is 216 Å². The average Bonchev–Trinajstić information content (AvgIpc) is 1.65. The molecule has 540 valence electrons. The number of nitrogens with zero attached hydrogens (tertiary/aromatic N) is 6. The molecule has 0 aliphatic carbocycles. The molecule has 9 aromatic heterocycles. The number of aromatic carboxylic acids is 1. The van der Waals surface area contributed by atoms with E-state index in [1.165, 1.54) is 80.8 Å². The molecule has 0 aliphatic rings. The summed E-state index contributed by atoms with van der Waals surface area (Å²) in [4.78, 5) is 94.9. The van der Waals surface area contributed by atoms with Crippen molar-refractivity contribution in [3.05, 3.63) is 330 Å². The van der Waals surface area contributed by atoms with Crippen molar-refractivity contribution in [2.45, 2.75) is 39.3 Å². The number of aromatic nitrogens is 9. The predicted octanol–water partition coefficient (Wildman–Crippen LogP) is 16.8. The SMILES string of the molecule is Cl.NCc1cc2c(Cl)c[nH]c2cc1F.O=C(NCc1cc2c(Cl)c[nH]c2cc1F)c1ccnc(Cn2cc3cc(Cl)ccc3cc2=O)c1.O=C(NCc1cc2c(Cl)c[nH]c2cc1F)c1ccnc(Cn2cc3cc(Cl)ccc3cc2=O)c1.O=C(O)c1ccnc(Cn2cc3cc(Cl)ccc3cc2=O)c1.[2H]CF. The van der Waals surface area contributed by atoms with Crippen LogP contribution in [-0.2, 0) is 39.3 Å². The molecule has 0 atom stereocenters. The number of halogens is 11. The minimum atomic E-state index is -1.03. The second-order valence-electron chi connectivity index (χ2n) is 23.4. The van der Waals surface area contributed by atoms with Gasteiger partial charge in [0.1, 0.15) is 17.5 Å². The van der Waals surface area contributed by atoms with Crippen LogP contribution in [0.2, 0.25) is 30.1 Å². The molecule has 15 aromatic rings. The van der Waals surface area contributed by atoms with E-state index in [-0.39, 0.29) is 91.5 Å². The molecule has 0 aliphatic heterocycles. The van der Waals surface area contributed by atoms with Gasteiger partial charge < -0.3 is 50.1 Å². The molecule has 15 rings (SSSR count). The van der Waals surface area contributed by atoms with Crippen LogP contribution in [0.25, 0.3) is 65.0 Å². The fourth-order valence-electron chi connectivity index (χ4n) is 11.2. The zero-order valence-electron chi connectivity index (χ0n) is 55.8. The first-order chi connectivity index (χ1) is 50.9. The molecule has 0 saturated heterocycles. The van der Waals surface area contributed by atoms with Gasteiger partial charge in [-0.1, -0.05) is 87.8 Å². The highest BCUT2D eigenvalue weighted by Gasteiger charge is 2.17. The number of nitrogens with two attached hydrogens (primary N) is 1. The second-order valence-corrected chi connectivity index (χ2v) is 25.9. The maximum Gasteiger partial charge on any atom is 0.335 e. The molecule has 0 fully saturated rings. The number of carboxylic acids is 1. The fourth-order valence-corrected chi connectivity index (χ4v) is 12.3. The quantitative estimate of drug-likeness (QED) is 0.0503. The first kappa shape index (κ1) is 76.3. The molecular weight excluding hydrogens is 1520 g/mol. The highest BCUT2D eigenvalue weighted by atomic mass is 35.5. The molecule has 0 radical (unpaired) electrons. The normalized spacial score (nSPS) is 11.0. The molecule has 30 heteroatoms. The first-order valence-electron chi connectivity index (χ1n) is 32.1. The Hall–Kier alpha value is -10.9. The number of benzene rings is 6. The van der Waals surface area contributed by atoms with Gasteiger partial charge in [0, 0.05) is 169 Å². The van der Waals surface area contributed by atoms with Gasteiger partial charge in [0.05, 0.1) is 65.9 Å². The average molecular weight is 1580 g/mol. The van der Waals surface area contributed by atoms with E-state index in [2.05, 4.69) is 40.5 Å². The van der Waals surface area contributed by atoms with E-state index in [9.17, 15) is 46.3 Å². The van der Waals surface area contributed by atoms with E-state index in [0.29, 0.717) is 102 Å². The zero-order valence-corrected chi connectivity index (χ0v) is 60.2. The van der Waals surface area contributed by atoms with Crippen LogP contribution in [0.1, 0.15) is 66.2 Å². The van der Waals surface area contributed by atoms with E-state index < -0.39 is 24.8 Å². The molecule has 0 saturated carbocycles. The molecule has 19 nitrogen and oxygen atoms in total. The van der Waals surface area contributed by atoms with Crippen molar-refractivity contribution < 1.29 is 38.4 Å². The lowest BCUT2D eigenvalue weighted by atomic mass is 10.1. The summed E-state index contributed by atoms with van der Waals surface area (Å²) >= 11 is 36.2. The Labute approximate surface area is 635 Å². The van der Waals surface area contributed by atoms with Crippen LogP contribution in [0.4, 0.5) is 17.6 Å². The monoisotopic (exact) mass is 1570 g/mol. The van der Waals surface area contributed by atoms with Crippen molar-refractivity contribution in [3.8, 4) is 0 Å². The summed E-state index contributed by atoms with van der Waals surface area (Å²) in [6.45, 7) is 0.723. The van der Waals surface area contributed by atoms with Crippen molar-refractivity contribution in [1.82, 2.24) is 54.2 Å². The number of pyridine rings is 6. The minimum Gasteiger partial charge on any atom is -0.478 e. The van der Waals surface area contributed by atoms with Gasteiger partial charge >= 0.3 is 5.97 Å². The summed E-state index contributed by atoms with van der Waals surface area (Å²) < 4.78 is 62.0. The number of rotatable bonds is 14. The van der Waals surface area contributed by atoms with Crippen molar-refractivity contribution >= 4 is 165 Å². The maximum absolute atomic E-state index is 14.4. The number of alkyl halides is 1. The Morgan fingerprint density at radius 2 is 0.774 bits per heavy atom. The van der Waals surface area contributed by atoms with E-state index in [1.807, 2.05) is 0 Å². The number of hydrogen-bond donors (Lipinski definition) is 7. The van der Waals surface area contributed by atoms with Gasteiger partial charge in [-0.3, -0.25) is 43.3 Å². The number of carboxylic acid groups (broad SMARTS) is 1. The Morgan fingerprint density at radius 3 is 1.10 bits per heavy atom. The Balaban J connectivity index is 0.000000157. The number of H-pyrrole nitrogens is 3. The smallest absolute Gasteiger partial charge is 0.335 e. The summed E-state index contributed by atoms with van der Waals surface area (Å²) in [6.07, 6.45) is 14.3. The van der Waals surface area contributed by atoms with Gasteiger partial charge in [-0.15, -0.1) is 12.4 Å². The molecule has 106 heavy (non-hydrogen) atoms. The lowest BCUT2D eigenvalue weighted by Crippen LogP contribution is -2.24. The van der Waals surface area contributed by atoms with Gasteiger partial charge in [0.25, 0.3) is 28.5 Å². The predicted molar refractivity (Wildman–Crippen MR) is 411 cm³/mol. The third-order valence-electron chi connectivity index (χ3n) is 16.4. The van der Waals surface area contributed by atoms with Gasteiger partial charge in [0.15, 0.2) is 0 Å².